The number of hydrogen-bond donors (Lipinski definition) is 1. The third-order valence-corrected chi connectivity index (χ3v) is 2.87. The van der Waals surface area contributed by atoms with E-state index in [9.17, 15) is 9.90 Å². The van der Waals surface area contributed by atoms with Crippen LogP contribution in [0.25, 0.3) is 0 Å². The van der Waals surface area contributed by atoms with Crippen LogP contribution >= 0.6 is 0 Å². The second kappa shape index (κ2) is 7.58. The molecule has 0 saturated heterocycles. The highest BCUT2D eigenvalue weighted by molar-refractivity contribution is 5.94. The summed E-state index contributed by atoms with van der Waals surface area (Å²) in [5, 5.41) is 9.21. The molecule has 2 atom stereocenters. The van der Waals surface area contributed by atoms with Gasteiger partial charge >= 0.3 is 0 Å². The molecule has 0 aromatic heterocycles. The average Bonchev–Trinajstić information content (AvgIpc) is 2.28. The third kappa shape index (κ3) is 4.90. The Bertz CT molecular complexity index is 235. The van der Waals surface area contributed by atoms with Crippen molar-refractivity contribution >= 4 is 5.78 Å². The first kappa shape index (κ1) is 13.4. The lowest BCUT2D eigenvalue weighted by Crippen LogP contribution is -2.31. The van der Waals surface area contributed by atoms with Crippen molar-refractivity contribution in [1.82, 2.24) is 0 Å². The first-order valence-corrected chi connectivity index (χ1v) is 6.29. The third-order valence-electron chi connectivity index (χ3n) is 2.87. The Hall–Kier alpha value is -0.670. The molecule has 0 bridgehead atoms. The number of hydrogen-bond acceptors (Lipinski definition) is 3. The van der Waals surface area contributed by atoms with Gasteiger partial charge in [-0.3, -0.25) is 4.79 Å². The number of unbranched alkanes of at least 4 members (excludes halogenated alkanes) is 5. The lowest BCUT2D eigenvalue weighted by molar-refractivity contribution is -0.149. The summed E-state index contributed by atoms with van der Waals surface area (Å²) < 4.78 is 5.15. The number of rotatable bonds is 7. The molecule has 3 nitrogen and oxygen atoms in total. The minimum Gasteiger partial charge on any atom is -0.365 e. The van der Waals surface area contributed by atoms with Gasteiger partial charge in [0.1, 0.15) is 6.10 Å². The van der Waals surface area contributed by atoms with E-state index in [2.05, 4.69) is 6.92 Å². The summed E-state index contributed by atoms with van der Waals surface area (Å²) in [5.41, 5.74) is 0. The summed E-state index contributed by atoms with van der Waals surface area (Å²) in [7, 11) is 0. The molecule has 1 N–H and O–H groups in total. The fourth-order valence-electron chi connectivity index (χ4n) is 1.89. The van der Waals surface area contributed by atoms with E-state index < -0.39 is 12.4 Å². The van der Waals surface area contributed by atoms with E-state index in [1.165, 1.54) is 37.8 Å². The molecule has 1 aliphatic heterocycles. The van der Waals surface area contributed by atoms with Crippen molar-refractivity contribution < 1.29 is 14.6 Å². The fourth-order valence-corrected chi connectivity index (χ4v) is 1.89. The standard InChI is InChI=1S/C13H22O3/c1-2-3-4-5-6-7-8-12-11(14)9-10-13(15)16-12/h9-10,12-13,15H,2-8H2,1H3. The molecule has 92 valence electrons. The van der Waals surface area contributed by atoms with Gasteiger partial charge in [0.25, 0.3) is 0 Å². The molecule has 0 aliphatic carbocycles. The Morgan fingerprint density at radius 2 is 1.94 bits per heavy atom. The quantitative estimate of drug-likeness (QED) is 0.679. The van der Waals surface area contributed by atoms with E-state index in [0.717, 1.165) is 19.3 Å². The minimum atomic E-state index is -0.900. The average molecular weight is 226 g/mol. The molecule has 1 aliphatic rings. The van der Waals surface area contributed by atoms with Gasteiger partial charge in [-0.25, -0.2) is 0 Å². The highest BCUT2D eigenvalue weighted by Gasteiger charge is 2.22. The summed E-state index contributed by atoms with van der Waals surface area (Å²) in [6.45, 7) is 2.20. The Morgan fingerprint density at radius 1 is 1.25 bits per heavy atom. The van der Waals surface area contributed by atoms with Crippen LogP contribution in [0, 0.1) is 0 Å². The van der Waals surface area contributed by atoms with Gasteiger partial charge < -0.3 is 9.84 Å². The van der Waals surface area contributed by atoms with Crippen molar-refractivity contribution in [3.05, 3.63) is 12.2 Å². The molecule has 1 rings (SSSR count). The largest absolute Gasteiger partial charge is 0.365 e. The van der Waals surface area contributed by atoms with Crippen LogP contribution < -0.4 is 0 Å². The van der Waals surface area contributed by atoms with Gasteiger partial charge in [0.05, 0.1) is 0 Å². The van der Waals surface area contributed by atoms with E-state index in [1.807, 2.05) is 0 Å². The Balaban J connectivity index is 2.08. The van der Waals surface area contributed by atoms with Gasteiger partial charge in [0, 0.05) is 0 Å². The van der Waals surface area contributed by atoms with Crippen LogP contribution in [0.15, 0.2) is 12.2 Å². The van der Waals surface area contributed by atoms with Gasteiger partial charge in [-0.1, -0.05) is 45.4 Å². The van der Waals surface area contributed by atoms with Gasteiger partial charge in [-0.2, -0.15) is 0 Å². The Morgan fingerprint density at radius 3 is 2.69 bits per heavy atom. The van der Waals surface area contributed by atoms with Crippen LogP contribution in [-0.4, -0.2) is 23.3 Å². The number of ketones is 1. The van der Waals surface area contributed by atoms with Crippen molar-refractivity contribution in [2.24, 2.45) is 0 Å². The Labute approximate surface area is 97.5 Å². The summed E-state index contributed by atoms with van der Waals surface area (Å²) in [6.07, 6.45) is 9.41. The normalized spacial score (nSPS) is 25.0. The van der Waals surface area contributed by atoms with Crippen LogP contribution in [0.3, 0.4) is 0 Å². The highest BCUT2D eigenvalue weighted by Crippen LogP contribution is 2.15. The SMILES string of the molecule is CCCCCCCCC1OC(O)C=CC1=O. The predicted molar refractivity (Wildman–Crippen MR) is 63.0 cm³/mol. The number of ether oxygens (including phenoxy) is 1. The molecule has 0 spiro atoms. The Kier molecular flexibility index (Phi) is 6.34. The van der Waals surface area contributed by atoms with Crippen LogP contribution in [-0.2, 0) is 9.53 Å². The van der Waals surface area contributed by atoms with Crippen molar-refractivity contribution in [1.29, 1.82) is 0 Å². The van der Waals surface area contributed by atoms with Crippen molar-refractivity contribution in [3.63, 3.8) is 0 Å². The number of aliphatic hydroxyl groups excluding tert-OH is 1. The molecule has 1 heterocycles. The highest BCUT2D eigenvalue weighted by atomic mass is 16.6. The lowest BCUT2D eigenvalue weighted by atomic mass is 10.0. The molecule has 0 radical (unpaired) electrons. The van der Waals surface area contributed by atoms with Crippen molar-refractivity contribution in [3.8, 4) is 0 Å². The van der Waals surface area contributed by atoms with Gasteiger partial charge in [-0.05, 0) is 18.6 Å². The fraction of sp³-hybridized carbons (Fsp3) is 0.769. The van der Waals surface area contributed by atoms with Gasteiger partial charge in [0.15, 0.2) is 12.1 Å². The van der Waals surface area contributed by atoms with Crippen LogP contribution in [0.2, 0.25) is 0 Å². The molecule has 16 heavy (non-hydrogen) atoms. The summed E-state index contributed by atoms with van der Waals surface area (Å²) in [6, 6.07) is 0. The smallest absolute Gasteiger partial charge is 0.184 e. The summed E-state index contributed by atoms with van der Waals surface area (Å²) in [5.74, 6) is -0.0149. The van der Waals surface area contributed by atoms with Crippen molar-refractivity contribution in [2.75, 3.05) is 0 Å². The second-order valence-electron chi connectivity index (χ2n) is 4.33. The zero-order valence-electron chi connectivity index (χ0n) is 10.0. The van der Waals surface area contributed by atoms with E-state index >= 15 is 0 Å². The molecule has 2 unspecified atom stereocenters. The summed E-state index contributed by atoms with van der Waals surface area (Å²) >= 11 is 0. The molecule has 3 heteroatoms. The van der Waals surface area contributed by atoms with E-state index in [0.29, 0.717) is 0 Å². The van der Waals surface area contributed by atoms with E-state index in [-0.39, 0.29) is 5.78 Å². The molecular formula is C13H22O3. The maximum absolute atomic E-state index is 11.4. The van der Waals surface area contributed by atoms with E-state index in [1.54, 1.807) is 0 Å². The van der Waals surface area contributed by atoms with Crippen LogP contribution in [0.5, 0.6) is 0 Å². The maximum Gasteiger partial charge on any atom is 0.184 e. The molecule has 0 amide bonds. The molecule has 0 saturated carbocycles. The molecular weight excluding hydrogens is 204 g/mol. The van der Waals surface area contributed by atoms with Crippen molar-refractivity contribution in [2.45, 2.75) is 64.3 Å². The maximum atomic E-state index is 11.4. The second-order valence-corrected chi connectivity index (χ2v) is 4.33. The number of carbonyl (C=O) groups is 1. The number of aliphatic hydroxyl groups is 1. The van der Waals surface area contributed by atoms with Crippen LogP contribution in [0.4, 0.5) is 0 Å². The monoisotopic (exact) mass is 226 g/mol. The predicted octanol–water partition coefficient (Wildman–Crippen LogP) is 2.58. The van der Waals surface area contributed by atoms with Gasteiger partial charge in [-0.15, -0.1) is 0 Å². The lowest BCUT2D eigenvalue weighted by Gasteiger charge is -2.21. The minimum absolute atomic E-state index is 0.0149. The molecule has 0 fully saturated rings. The van der Waals surface area contributed by atoms with Gasteiger partial charge in [0.2, 0.25) is 0 Å². The zero-order valence-corrected chi connectivity index (χ0v) is 10.0. The van der Waals surface area contributed by atoms with Crippen LogP contribution in [0.1, 0.15) is 51.9 Å². The zero-order chi connectivity index (χ0) is 11.8. The number of carbonyl (C=O) groups excluding carboxylic acids is 1. The first-order chi connectivity index (χ1) is 7.74. The summed E-state index contributed by atoms with van der Waals surface area (Å²) in [4.78, 5) is 11.4. The topological polar surface area (TPSA) is 46.5 Å². The van der Waals surface area contributed by atoms with E-state index in [4.69, 9.17) is 4.74 Å². The molecule has 0 aromatic rings. The molecule has 0 aromatic carbocycles. The first-order valence-electron chi connectivity index (χ1n) is 6.29.